The predicted molar refractivity (Wildman–Crippen MR) is 93.8 cm³/mol. The number of carbonyl (C=O) groups excluding carboxylic acids is 2. The molecule has 0 aliphatic rings. The number of aromatic nitrogens is 1. The standard InChI is InChI=1S/C16H20N2O3S2/c1-11(2)7-8-17-14(19)9-21-15(20)10-22-16-18-12-5-3-4-6-13(12)23-16/h3-6,11H,7-10H2,1-2H3,(H,17,19). The lowest BCUT2D eigenvalue weighted by molar-refractivity contribution is -0.145. The Morgan fingerprint density at radius 1 is 1.35 bits per heavy atom. The summed E-state index contributed by atoms with van der Waals surface area (Å²) in [6, 6.07) is 7.83. The van der Waals surface area contributed by atoms with Crippen LogP contribution in [0.2, 0.25) is 0 Å². The third-order valence-electron chi connectivity index (χ3n) is 3.00. The summed E-state index contributed by atoms with van der Waals surface area (Å²) in [7, 11) is 0. The fourth-order valence-corrected chi connectivity index (χ4v) is 3.64. The van der Waals surface area contributed by atoms with Crippen molar-refractivity contribution < 1.29 is 14.3 Å². The number of para-hydroxylation sites is 1. The minimum atomic E-state index is -0.409. The maximum atomic E-state index is 11.7. The molecule has 1 aromatic heterocycles. The Bertz CT molecular complexity index is 637. The molecule has 1 heterocycles. The number of thioether (sulfide) groups is 1. The van der Waals surface area contributed by atoms with Crippen molar-refractivity contribution >= 4 is 45.2 Å². The molecule has 0 fully saturated rings. The zero-order valence-corrected chi connectivity index (χ0v) is 14.8. The normalized spacial score (nSPS) is 10.9. The molecule has 5 nitrogen and oxygen atoms in total. The molecule has 0 aliphatic heterocycles. The van der Waals surface area contributed by atoms with E-state index in [4.69, 9.17) is 4.74 Å². The Hall–Kier alpha value is -1.60. The van der Waals surface area contributed by atoms with E-state index in [-0.39, 0.29) is 18.3 Å². The lowest BCUT2D eigenvalue weighted by Gasteiger charge is -2.07. The molecule has 0 bridgehead atoms. The van der Waals surface area contributed by atoms with Crippen molar-refractivity contribution in [3.05, 3.63) is 24.3 Å². The number of amides is 1. The maximum absolute atomic E-state index is 11.7. The first-order valence-corrected chi connectivity index (χ1v) is 9.25. The van der Waals surface area contributed by atoms with Gasteiger partial charge in [-0.2, -0.15) is 0 Å². The number of ether oxygens (including phenoxy) is 1. The lowest BCUT2D eigenvalue weighted by Crippen LogP contribution is -2.30. The smallest absolute Gasteiger partial charge is 0.316 e. The van der Waals surface area contributed by atoms with Crippen LogP contribution in [0.25, 0.3) is 10.2 Å². The second-order valence-electron chi connectivity index (χ2n) is 5.43. The maximum Gasteiger partial charge on any atom is 0.316 e. The summed E-state index contributed by atoms with van der Waals surface area (Å²) in [5.41, 5.74) is 0.929. The fraction of sp³-hybridized carbons (Fsp3) is 0.438. The molecule has 7 heteroatoms. The number of hydrogen-bond donors (Lipinski definition) is 1. The summed E-state index contributed by atoms with van der Waals surface area (Å²) in [4.78, 5) is 27.6. The fourth-order valence-electron chi connectivity index (χ4n) is 1.77. The predicted octanol–water partition coefficient (Wildman–Crippen LogP) is 3.09. The summed E-state index contributed by atoms with van der Waals surface area (Å²) >= 11 is 2.87. The highest BCUT2D eigenvalue weighted by Crippen LogP contribution is 2.29. The number of nitrogens with zero attached hydrogens (tertiary/aromatic N) is 1. The molecule has 0 saturated carbocycles. The average Bonchev–Trinajstić information content (AvgIpc) is 2.93. The molecule has 1 aromatic carbocycles. The van der Waals surface area contributed by atoms with E-state index in [0.717, 1.165) is 21.0 Å². The number of nitrogens with one attached hydrogen (secondary N) is 1. The minimum absolute atomic E-state index is 0.152. The highest BCUT2D eigenvalue weighted by atomic mass is 32.2. The van der Waals surface area contributed by atoms with Gasteiger partial charge in [-0.3, -0.25) is 9.59 Å². The molecule has 1 N–H and O–H groups in total. The van der Waals surface area contributed by atoms with Gasteiger partial charge in [0.25, 0.3) is 5.91 Å². The van der Waals surface area contributed by atoms with Gasteiger partial charge in [0, 0.05) is 6.54 Å². The van der Waals surface area contributed by atoms with Gasteiger partial charge in [-0.1, -0.05) is 37.7 Å². The molecule has 2 aromatic rings. The Kier molecular flexibility index (Phi) is 6.85. The summed E-state index contributed by atoms with van der Waals surface area (Å²) in [5.74, 6) is 0.0133. The van der Waals surface area contributed by atoms with Gasteiger partial charge >= 0.3 is 5.97 Å². The molecule has 23 heavy (non-hydrogen) atoms. The number of carbonyl (C=O) groups is 2. The first-order chi connectivity index (χ1) is 11.0. The Balaban J connectivity index is 1.67. The first kappa shape index (κ1) is 17.7. The number of thiazole rings is 1. The van der Waals surface area contributed by atoms with Crippen LogP contribution in [0.15, 0.2) is 28.6 Å². The Morgan fingerprint density at radius 3 is 2.87 bits per heavy atom. The molecule has 0 atom stereocenters. The topological polar surface area (TPSA) is 68.3 Å². The van der Waals surface area contributed by atoms with E-state index >= 15 is 0 Å². The molecule has 0 unspecified atom stereocenters. The molecular formula is C16H20N2O3S2. The number of esters is 1. The van der Waals surface area contributed by atoms with Crippen molar-refractivity contribution in [3.63, 3.8) is 0 Å². The van der Waals surface area contributed by atoms with Gasteiger partial charge in [0.1, 0.15) is 0 Å². The Labute approximate surface area is 143 Å². The van der Waals surface area contributed by atoms with Crippen LogP contribution >= 0.6 is 23.1 Å². The van der Waals surface area contributed by atoms with E-state index in [1.807, 2.05) is 24.3 Å². The third-order valence-corrected chi connectivity index (χ3v) is 5.15. The van der Waals surface area contributed by atoms with Crippen molar-refractivity contribution in [1.82, 2.24) is 10.3 Å². The zero-order valence-electron chi connectivity index (χ0n) is 13.2. The van der Waals surface area contributed by atoms with E-state index in [9.17, 15) is 9.59 Å². The van der Waals surface area contributed by atoms with Crippen LogP contribution in [0.5, 0.6) is 0 Å². The highest BCUT2D eigenvalue weighted by molar-refractivity contribution is 8.01. The van der Waals surface area contributed by atoms with Crippen LogP contribution in [-0.2, 0) is 14.3 Å². The van der Waals surface area contributed by atoms with Crippen molar-refractivity contribution in [2.24, 2.45) is 5.92 Å². The number of rotatable bonds is 8. The quantitative estimate of drug-likeness (QED) is 0.584. The van der Waals surface area contributed by atoms with Crippen LogP contribution < -0.4 is 5.32 Å². The summed E-state index contributed by atoms with van der Waals surface area (Å²) in [6.45, 7) is 4.56. The number of hydrogen-bond acceptors (Lipinski definition) is 6. The van der Waals surface area contributed by atoms with E-state index in [2.05, 4.69) is 24.1 Å². The molecule has 0 radical (unpaired) electrons. The van der Waals surface area contributed by atoms with Crippen LogP contribution in [0.4, 0.5) is 0 Å². The second-order valence-corrected chi connectivity index (χ2v) is 7.68. The van der Waals surface area contributed by atoms with Gasteiger partial charge in [0.15, 0.2) is 10.9 Å². The van der Waals surface area contributed by atoms with Crippen LogP contribution in [0.3, 0.4) is 0 Å². The summed E-state index contributed by atoms with van der Waals surface area (Å²) < 4.78 is 6.88. The van der Waals surface area contributed by atoms with Crippen molar-refractivity contribution in [2.75, 3.05) is 18.9 Å². The highest BCUT2D eigenvalue weighted by Gasteiger charge is 2.10. The molecule has 2 rings (SSSR count). The minimum Gasteiger partial charge on any atom is -0.455 e. The van der Waals surface area contributed by atoms with Gasteiger partial charge in [0.2, 0.25) is 0 Å². The van der Waals surface area contributed by atoms with Gasteiger partial charge in [-0.15, -0.1) is 11.3 Å². The Morgan fingerprint density at radius 2 is 2.13 bits per heavy atom. The SMILES string of the molecule is CC(C)CCNC(=O)COC(=O)CSc1nc2ccccc2s1. The third kappa shape index (κ3) is 6.19. The summed E-state index contributed by atoms with van der Waals surface area (Å²) in [6.07, 6.45) is 0.910. The molecular weight excluding hydrogens is 332 g/mol. The zero-order chi connectivity index (χ0) is 16.7. The van der Waals surface area contributed by atoms with E-state index in [0.29, 0.717) is 12.5 Å². The average molecular weight is 352 g/mol. The van der Waals surface area contributed by atoms with Gasteiger partial charge in [0.05, 0.1) is 16.0 Å². The molecule has 0 spiro atoms. The van der Waals surface area contributed by atoms with Crippen LogP contribution in [0, 0.1) is 5.92 Å². The van der Waals surface area contributed by atoms with E-state index in [1.165, 1.54) is 11.8 Å². The monoisotopic (exact) mass is 352 g/mol. The number of fused-ring (bicyclic) bond motifs is 1. The summed E-state index contributed by atoms with van der Waals surface area (Å²) in [5, 5.41) is 2.73. The van der Waals surface area contributed by atoms with Crippen LogP contribution in [0.1, 0.15) is 20.3 Å². The molecule has 0 aliphatic carbocycles. The van der Waals surface area contributed by atoms with Crippen molar-refractivity contribution in [1.29, 1.82) is 0 Å². The van der Waals surface area contributed by atoms with Gasteiger partial charge in [-0.25, -0.2) is 4.98 Å². The lowest BCUT2D eigenvalue weighted by atomic mass is 10.1. The molecule has 124 valence electrons. The van der Waals surface area contributed by atoms with Crippen LogP contribution in [-0.4, -0.2) is 35.8 Å². The molecule has 1 amide bonds. The van der Waals surface area contributed by atoms with E-state index < -0.39 is 5.97 Å². The first-order valence-electron chi connectivity index (χ1n) is 7.45. The number of benzene rings is 1. The van der Waals surface area contributed by atoms with Gasteiger partial charge in [-0.05, 0) is 24.5 Å². The van der Waals surface area contributed by atoms with Crippen molar-refractivity contribution in [2.45, 2.75) is 24.6 Å². The van der Waals surface area contributed by atoms with Gasteiger partial charge < -0.3 is 10.1 Å². The second kappa shape index (κ2) is 8.88. The van der Waals surface area contributed by atoms with Crippen molar-refractivity contribution in [3.8, 4) is 0 Å². The molecule has 0 saturated heterocycles. The van der Waals surface area contributed by atoms with E-state index in [1.54, 1.807) is 11.3 Å². The largest absolute Gasteiger partial charge is 0.455 e.